The van der Waals surface area contributed by atoms with Crippen LogP contribution in [0.2, 0.25) is 5.02 Å². The summed E-state index contributed by atoms with van der Waals surface area (Å²) in [6.07, 6.45) is -0.315. The quantitative estimate of drug-likeness (QED) is 0.780. The van der Waals surface area contributed by atoms with E-state index in [1.807, 2.05) is 0 Å². The fraction of sp³-hybridized carbons (Fsp3) is 0.467. The molecule has 2 rings (SSSR count). The normalized spacial score (nSPS) is 23.5. The zero-order valence-corrected chi connectivity index (χ0v) is 13.8. The molecule has 0 aromatic heterocycles. The third-order valence-electron chi connectivity index (χ3n) is 3.82. The second-order valence-corrected chi connectivity index (χ2v) is 5.63. The Labute approximate surface area is 138 Å². The molecular weight excluding hydrogens is 326 g/mol. The summed E-state index contributed by atoms with van der Waals surface area (Å²) in [7, 11) is 4.07. The fourth-order valence-electron chi connectivity index (χ4n) is 2.62. The number of hydrogen-bond acceptors (Lipinski definition) is 7. The predicted octanol–water partition coefficient (Wildman–Crippen LogP) is 1.40. The lowest BCUT2D eigenvalue weighted by Gasteiger charge is -2.28. The van der Waals surface area contributed by atoms with Crippen LogP contribution in [0.1, 0.15) is 12.8 Å². The van der Waals surface area contributed by atoms with E-state index >= 15 is 0 Å². The molecule has 1 aromatic carbocycles. The van der Waals surface area contributed by atoms with E-state index in [2.05, 4.69) is 10.1 Å². The Hall–Kier alpha value is -1.99. The Morgan fingerprint density at radius 1 is 1.30 bits per heavy atom. The molecule has 7 nitrogen and oxygen atoms in total. The van der Waals surface area contributed by atoms with E-state index < -0.39 is 17.6 Å². The lowest BCUT2D eigenvalue weighted by Crippen LogP contribution is -2.50. The van der Waals surface area contributed by atoms with Crippen LogP contribution in [0.25, 0.3) is 0 Å². The lowest BCUT2D eigenvalue weighted by molar-refractivity contribution is -0.162. The van der Waals surface area contributed by atoms with Crippen molar-refractivity contribution in [1.82, 2.24) is 0 Å². The fourth-order valence-corrected chi connectivity index (χ4v) is 2.85. The van der Waals surface area contributed by atoms with Gasteiger partial charge in [0.2, 0.25) is 0 Å². The maximum absolute atomic E-state index is 11.9. The Balaban J connectivity index is 2.37. The first-order chi connectivity index (χ1) is 10.8. The van der Waals surface area contributed by atoms with Gasteiger partial charge in [-0.2, -0.15) is 0 Å². The molecule has 0 bridgehead atoms. The van der Waals surface area contributed by atoms with Crippen molar-refractivity contribution in [3.8, 4) is 11.5 Å². The molecular formula is C15H18ClNO6. The average molecular weight is 344 g/mol. The molecule has 1 aliphatic carbocycles. The van der Waals surface area contributed by atoms with Gasteiger partial charge in [-0.25, -0.2) is 4.79 Å². The molecule has 0 unspecified atom stereocenters. The number of rotatable bonds is 5. The number of carbonyl (C=O) groups excluding carboxylic acids is 2. The van der Waals surface area contributed by atoms with Crippen molar-refractivity contribution < 1.29 is 28.9 Å². The zero-order valence-electron chi connectivity index (χ0n) is 13.0. The van der Waals surface area contributed by atoms with Crippen LogP contribution >= 0.6 is 11.6 Å². The molecule has 1 saturated carbocycles. The number of carbonyl (C=O) groups is 2. The molecule has 1 aromatic rings. The Bertz CT molecular complexity index is 635. The summed E-state index contributed by atoms with van der Waals surface area (Å²) in [5.41, 5.74) is -1.49. The number of hydrogen-bond donors (Lipinski definition) is 2. The Kier molecular flexibility index (Phi) is 5.01. The van der Waals surface area contributed by atoms with Crippen molar-refractivity contribution in [2.75, 3.05) is 26.6 Å². The van der Waals surface area contributed by atoms with Crippen molar-refractivity contribution >= 4 is 29.0 Å². The summed E-state index contributed by atoms with van der Waals surface area (Å²) in [6, 6.07) is 2.26. The van der Waals surface area contributed by atoms with Gasteiger partial charge in [0.15, 0.2) is 5.60 Å². The molecule has 1 aliphatic rings. The zero-order chi connectivity index (χ0) is 17.2. The molecule has 0 saturated heterocycles. The number of aliphatic hydroxyl groups is 1. The molecule has 0 radical (unpaired) electrons. The molecule has 0 heterocycles. The van der Waals surface area contributed by atoms with Crippen LogP contribution in [0, 0.1) is 0 Å². The number of ketones is 1. The minimum atomic E-state index is -1.93. The predicted molar refractivity (Wildman–Crippen MR) is 83.2 cm³/mol. The van der Waals surface area contributed by atoms with Crippen LogP contribution < -0.4 is 14.8 Å². The number of esters is 1. The van der Waals surface area contributed by atoms with Crippen LogP contribution in [-0.4, -0.2) is 49.8 Å². The van der Waals surface area contributed by atoms with Gasteiger partial charge in [0.25, 0.3) is 0 Å². The SMILES string of the molecule is COC(=O)[C@]1(O)CC(=O)C[C@H]1Nc1cc(OC)c(Cl)cc1OC. The van der Waals surface area contributed by atoms with Gasteiger partial charge in [0, 0.05) is 25.0 Å². The first-order valence-electron chi connectivity index (χ1n) is 6.86. The van der Waals surface area contributed by atoms with E-state index in [1.54, 1.807) is 6.07 Å². The maximum Gasteiger partial charge on any atom is 0.340 e. The highest BCUT2D eigenvalue weighted by Gasteiger charge is 2.52. The summed E-state index contributed by atoms with van der Waals surface area (Å²) in [6.45, 7) is 0. The summed E-state index contributed by atoms with van der Waals surface area (Å²) < 4.78 is 15.0. The highest BCUT2D eigenvalue weighted by molar-refractivity contribution is 6.32. The van der Waals surface area contributed by atoms with Crippen LogP contribution in [-0.2, 0) is 14.3 Å². The molecule has 2 atom stereocenters. The molecule has 0 aliphatic heterocycles. The van der Waals surface area contributed by atoms with Crippen LogP contribution in [0.4, 0.5) is 5.69 Å². The lowest BCUT2D eigenvalue weighted by atomic mass is 9.97. The molecule has 8 heteroatoms. The van der Waals surface area contributed by atoms with Gasteiger partial charge in [-0.1, -0.05) is 11.6 Å². The number of benzene rings is 1. The second kappa shape index (κ2) is 6.64. The van der Waals surface area contributed by atoms with Crippen LogP contribution in [0.3, 0.4) is 0 Å². The maximum atomic E-state index is 11.9. The number of anilines is 1. The van der Waals surface area contributed by atoms with Crippen LogP contribution in [0.5, 0.6) is 11.5 Å². The van der Waals surface area contributed by atoms with E-state index in [-0.39, 0.29) is 18.6 Å². The number of ether oxygens (including phenoxy) is 3. The minimum Gasteiger partial charge on any atom is -0.495 e. The monoisotopic (exact) mass is 343 g/mol. The van der Waals surface area contributed by atoms with Crippen molar-refractivity contribution in [3.05, 3.63) is 17.2 Å². The Morgan fingerprint density at radius 2 is 1.96 bits per heavy atom. The molecule has 2 N–H and O–H groups in total. The van der Waals surface area contributed by atoms with E-state index in [0.717, 1.165) is 7.11 Å². The van der Waals surface area contributed by atoms with Gasteiger partial charge in [-0.3, -0.25) is 4.79 Å². The van der Waals surface area contributed by atoms with Crippen molar-refractivity contribution in [3.63, 3.8) is 0 Å². The topological polar surface area (TPSA) is 94.1 Å². The third kappa shape index (κ3) is 3.20. The van der Waals surface area contributed by atoms with Gasteiger partial charge in [-0.05, 0) is 0 Å². The summed E-state index contributed by atoms with van der Waals surface area (Å²) in [5.74, 6) is -0.320. The molecule has 23 heavy (non-hydrogen) atoms. The van der Waals surface area contributed by atoms with Gasteiger partial charge < -0.3 is 24.6 Å². The number of halogens is 1. The van der Waals surface area contributed by atoms with Gasteiger partial charge in [0.05, 0.1) is 38.1 Å². The van der Waals surface area contributed by atoms with Crippen molar-refractivity contribution in [2.45, 2.75) is 24.5 Å². The van der Waals surface area contributed by atoms with Gasteiger partial charge in [-0.15, -0.1) is 0 Å². The van der Waals surface area contributed by atoms with E-state index in [9.17, 15) is 14.7 Å². The number of methoxy groups -OCH3 is 3. The second-order valence-electron chi connectivity index (χ2n) is 5.22. The van der Waals surface area contributed by atoms with Crippen molar-refractivity contribution in [2.24, 2.45) is 0 Å². The van der Waals surface area contributed by atoms with Gasteiger partial charge >= 0.3 is 5.97 Å². The smallest absolute Gasteiger partial charge is 0.340 e. The van der Waals surface area contributed by atoms with Gasteiger partial charge in [0.1, 0.15) is 17.3 Å². The minimum absolute atomic E-state index is 0.0142. The summed E-state index contributed by atoms with van der Waals surface area (Å²) in [4.78, 5) is 23.6. The largest absolute Gasteiger partial charge is 0.495 e. The van der Waals surface area contributed by atoms with Crippen molar-refractivity contribution in [1.29, 1.82) is 0 Å². The first kappa shape index (κ1) is 17.4. The molecule has 126 valence electrons. The van der Waals surface area contributed by atoms with E-state index in [1.165, 1.54) is 20.3 Å². The van der Waals surface area contributed by atoms with Crippen LogP contribution in [0.15, 0.2) is 12.1 Å². The standard InChI is InChI=1S/C15H18ClNO6/c1-21-11-6-10(12(22-2)5-9(11)16)17-13-4-8(18)7-15(13,20)14(19)23-3/h5-6,13,17,20H,4,7H2,1-3H3/t13-,15+/m1/s1. The third-order valence-corrected chi connectivity index (χ3v) is 4.11. The first-order valence-corrected chi connectivity index (χ1v) is 7.24. The highest BCUT2D eigenvalue weighted by Crippen LogP contribution is 2.39. The summed E-state index contributed by atoms with van der Waals surface area (Å²) in [5, 5.41) is 13.9. The summed E-state index contributed by atoms with van der Waals surface area (Å²) >= 11 is 6.04. The number of Topliss-reactive ketones (excluding diaryl/α,β-unsaturated/α-hetero) is 1. The number of nitrogens with one attached hydrogen (secondary N) is 1. The molecule has 1 fully saturated rings. The molecule has 0 amide bonds. The van der Waals surface area contributed by atoms with E-state index in [0.29, 0.717) is 22.2 Å². The Morgan fingerprint density at radius 3 is 2.52 bits per heavy atom. The average Bonchev–Trinajstić information content (AvgIpc) is 2.82. The van der Waals surface area contributed by atoms with E-state index in [4.69, 9.17) is 21.1 Å². The molecule has 0 spiro atoms. The highest BCUT2D eigenvalue weighted by atomic mass is 35.5.